The SMILES string of the molecule is CSc1ccc(C2Nc3c(C(=O)N(C)C4CCCCC4)cccc3C3C=CCC32)cc1. The molecule has 3 unspecified atom stereocenters. The van der Waals surface area contributed by atoms with Gasteiger partial charge >= 0.3 is 0 Å². The fraction of sp³-hybridized carbons (Fsp3) is 0.444. The Morgan fingerprint density at radius 1 is 1.06 bits per heavy atom. The Morgan fingerprint density at radius 3 is 2.58 bits per heavy atom. The van der Waals surface area contributed by atoms with E-state index in [-0.39, 0.29) is 11.9 Å². The van der Waals surface area contributed by atoms with Gasteiger partial charge in [0.05, 0.1) is 17.3 Å². The van der Waals surface area contributed by atoms with Crippen LogP contribution in [0.1, 0.15) is 72.0 Å². The topological polar surface area (TPSA) is 32.3 Å². The van der Waals surface area contributed by atoms with E-state index in [9.17, 15) is 4.79 Å². The van der Waals surface area contributed by atoms with Crippen molar-refractivity contribution in [2.45, 2.75) is 61.4 Å². The summed E-state index contributed by atoms with van der Waals surface area (Å²) in [5.41, 5.74) is 4.46. The van der Waals surface area contributed by atoms with E-state index in [2.05, 4.69) is 60.1 Å². The van der Waals surface area contributed by atoms with Gasteiger partial charge in [0.2, 0.25) is 0 Å². The molecule has 2 aromatic rings. The van der Waals surface area contributed by atoms with Crippen LogP contribution in [-0.4, -0.2) is 30.2 Å². The third-order valence-corrected chi connectivity index (χ3v) is 8.29. The molecule has 4 heteroatoms. The van der Waals surface area contributed by atoms with Gasteiger partial charge in [-0.05, 0) is 60.8 Å². The lowest BCUT2D eigenvalue weighted by molar-refractivity contribution is 0.0697. The van der Waals surface area contributed by atoms with Crippen molar-refractivity contribution in [2.24, 2.45) is 5.92 Å². The van der Waals surface area contributed by atoms with E-state index >= 15 is 0 Å². The van der Waals surface area contributed by atoms with Crippen LogP contribution >= 0.6 is 11.8 Å². The number of fused-ring (bicyclic) bond motifs is 3. The molecule has 1 heterocycles. The summed E-state index contributed by atoms with van der Waals surface area (Å²) in [6.45, 7) is 0. The van der Waals surface area contributed by atoms with Gasteiger partial charge in [-0.3, -0.25) is 4.79 Å². The number of carbonyl (C=O) groups is 1. The van der Waals surface area contributed by atoms with E-state index in [1.165, 1.54) is 35.3 Å². The molecule has 3 aliphatic rings. The zero-order valence-corrected chi connectivity index (χ0v) is 19.3. The van der Waals surface area contributed by atoms with Crippen LogP contribution in [0.15, 0.2) is 59.5 Å². The molecule has 0 bridgehead atoms. The summed E-state index contributed by atoms with van der Waals surface area (Å²) in [5, 5.41) is 3.84. The number of rotatable bonds is 4. The molecule has 0 aromatic heterocycles. The van der Waals surface area contributed by atoms with E-state index in [1.54, 1.807) is 11.8 Å². The molecule has 2 aromatic carbocycles. The number of thioether (sulfide) groups is 1. The van der Waals surface area contributed by atoms with Gasteiger partial charge in [0, 0.05) is 23.9 Å². The smallest absolute Gasteiger partial charge is 0.255 e. The molecule has 1 N–H and O–H groups in total. The van der Waals surface area contributed by atoms with Gasteiger partial charge in [-0.2, -0.15) is 0 Å². The minimum Gasteiger partial charge on any atom is -0.377 e. The number of para-hydroxylation sites is 1. The predicted octanol–water partition coefficient (Wildman–Crippen LogP) is 6.64. The molecule has 1 amide bonds. The van der Waals surface area contributed by atoms with Crippen LogP contribution in [0, 0.1) is 5.92 Å². The van der Waals surface area contributed by atoms with E-state index < -0.39 is 0 Å². The molecule has 1 aliphatic heterocycles. The fourth-order valence-electron chi connectivity index (χ4n) is 5.77. The van der Waals surface area contributed by atoms with Crippen molar-refractivity contribution in [3.8, 4) is 0 Å². The lowest BCUT2D eigenvalue weighted by atomic mass is 9.76. The molecule has 162 valence electrons. The standard InChI is InChI=1S/C27H32N2OS/c1-29(19-8-4-3-5-9-19)27(30)24-13-7-12-23-21-10-6-11-22(21)25(28-26(23)24)18-14-16-20(31-2)17-15-18/h6-7,10,12-17,19,21-22,25,28H,3-5,8-9,11H2,1-2H3. The quantitative estimate of drug-likeness (QED) is 0.434. The third kappa shape index (κ3) is 3.80. The number of nitrogens with zero attached hydrogens (tertiary/aromatic N) is 1. The molecule has 5 rings (SSSR count). The number of amides is 1. The van der Waals surface area contributed by atoms with Crippen LogP contribution < -0.4 is 5.32 Å². The second kappa shape index (κ2) is 8.74. The average Bonchev–Trinajstić information content (AvgIpc) is 3.33. The number of anilines is 1. The first-order chi connectivity index (χ1) is 15.2. The van der Waals surface area contributed by atoms with Crippen LogP contribution in [0.3, 0.4) is 0 Å². The normalized spacial score (nSPS) is 24.9. The maximum Gasteiger partial charge on any atom is 0.255 e. The van der Waals surface area contributed by atoms with Crippen molar-refractivity contribution >= 4 is 23.4 Å². The number of hydrogen-bond acceptors (Lipinski definition) is 3. The Balaban J connectivity index is 1.50. The minimum absolute atomic E-state index is 0.160. The summed E-state index contributed by atoms with van der Waals surface area (Å²) in [4.78, 5) is 16.9. The maximum atomic E-state index is 13.6. The highest BCUT2D eigenvalue weighted by Gasteiger charge is 2.39. The lowest BCUT2D eigenvalue weighted by Crippen LogP contribution is -2.39. The largest absolute Gasteiger partial charge is 0.377 e. The zero-order valence-electron chi connectivity index (χ0n) is 18.5. The van der Waals surface area contributed by atoms with Gasteiger partial charge in [-0.25, -0.2) is 0 Å². The van der Waals surface area contributed by atoms with Crippen molar-refractivity contribution < 1.29 is 4.79 Å². The second-order valence-corrected chi connectivity index (χ2v) is 10.1. The van der Waals surface area contributed by atoms with Crippen LogP contribution in [0.4, 0.5) is 5.69 Å². The zero-order chi connectivity index (χ0) is 21.4. The van der Waals surface area contributed by atoms with Gasteiger partial charge in [0.1, 0.15) is 0 Å². The highest BCUT2D eigenvalue weighted by atomic mass is 32.2. The summed E-state index contributed by atoms with van der Waals surface area (Å²) in [5.74, 6) is 1.02. The summed E-state index contributed by atoms with van der Waals surface area (Å²) in [7, 11) is 2.00. The molecule has 0 radical (unpaired) electrons. The third-order valence-electron chi connectivity index (χ3n) is 7.54. The summed E-state index contributed by atoms with van der Waals surface area (Å²) in [6, 6.07) is 15.8. The van der Waals surface area contributed by atoms with E-state index in [4.69, 9.17) is 0 Å². The first-order valence-electron chi connectivity index (χ1n) is 11.6. The average molecular weight is 433 g/mol. The van der Waals surface area contributed by atoms with Crippen molar-refractivity contribution in [2.75, 3.05) is 18.6 Å². The van der Waals surface area contributed by atoms with E-state index in [1.807, 2.05) is 18.0 Å². The Kier molecular flexibility index (Phi) is 5.83. The first kappa shape index (κ1) is 20.7. The molecule has 3 atom stereocenters. The highest BCUT2D eigenvalue weighted by molar-refractivity contribution is 7.98. The first-order valence-corrected chi connectivity index (χ1v) is 12.9. The molecular weight excluding hydrogens is 400 g/mol. The highest BCUT2D eigenvalue weighted by Crippen LogP contribution is 2.50. The van der Waals surface area contributed by atoms with Crippen molar-refractivity contribution in [3.05, 3.63) is 71.3 Å². The monoisotopic (exact) mass is 432 g/mol. The molecule has 31 heavy (non-hydrogen) atoms. The molecule has 1 fully saturated rings. The molecule has 1 saturated carbocycles. The van der Waals surface area contributed by atoms with Crippen LogP contribution in [0.5, 0.6) is 0 Å². The van der Waals surface area contributed by atoms with Crippen LogP contribution in [0.2, 0.25) is 0 Å². The predicted molar refractivity (Wildman–Crippen MR) is 130 cm³/mol. The Morgan fingerprint density at radius 2 is 1.84 bits per heavy atom. The van der Waals surface area contributed by atoms with Crippen LogP contribution in [-0.2, 0) is 0 Å². The fourth-order valence-corrected chi connectivity index (χ4v) is 6.17. The Bertz CT molecular complexity index is 977. The molecule has 3 nitrogen and oxygen atoms in total. The van der Waals surface area contributed by atoms with Crippen LogP contribution in [0.25, 0.3) is 0 Å². The minimum atomic E-state index is 0.160. The molecule has 0 saturated heterocycles. The van der Waals surface area contributed by atoms with Crippen molar-refractivity contribution in [1.29, 1.82) is 0 Å². The van der Waals surface area contributed by atoms with Gasteiger partial charge in [0.25, 0.3) is 5.91 Å². The molecule has 2 aliphatic carbocycles. The summed E-state index contributed by atoms with van der Waals surface area (Å²) < 4.78 is 0. The number of benzene rings is 2. The maximum absolute atomic E-state index is 13.6. The van der Waals surface area contributed by atoms with E-state index in [0.717, 1.165) is 30.5 Å². The van der Waals surface area contributed by atoms with E-state index in [0.29, 0.717) is 17.9 Å². The summed E-state index contributed by atoms with van der Waals surface area (Å²) >= 11 is 1.77. The number of allylic oxidation sites excluding steroid dienone is 2. The van der Waals surface area contributed by atoms with Crippen molar-refractivity contribution in [1.82, 2.24) is 4.90 Å². The number of nitrogens with one attached hydrogen (secondary N) is 1. The number of hydrogen-bond donors (Lipinski definition) is 1. The Hall–Kier alpha value is -2.20. The van der Waals surface area contributed by atoms with Gasteiger partial charge in [-0.1, -0.05) is 55.7 Å². The molecule has 0 spiro atoms. The van der Waals surface area contributed by atoms with Gasteiger partial charge in [-0.15, -0.1) is 11.8 Å². The summed E-state index contributed by atoms with van der Waals surface area (Å²) in [6.07, 6.45) is 13.9. The lowest BCUT2D eigenvalue weighted by Gasteiger charge is -2.39. The number of carbonyl (C=O) groups excluding carboxylic acids is 1. The molecular formula is C27H32N2OS. The van der Waals surface area contributed by atoms with Gasteiger partial charge in [0.15, 0.2) is 0 Å². The van der Waals surface area contributed by atoms with Gasteiger partial charge < -0.3 is 10.2 Å². The Labute approximate surface area is 190 Å². The second-order valence-electron chi connectivity index (χ2n) is 9.23. The van der Waals surface area contributed by atoms with Crippen molar-refractivity contribution in [3.63, 3.8) is 0 Å².